The third-order valence-electron chi connectivity index (χ3n) is 5.24. The van der Waals surface area contributed by atoms with Crippen LogP contribution >= 0.6 is 0 Å². The highest BCUT2D eigenvalue weighted by Crippen LogP contribution is 2.31. The van der Waals surface area contributed by atoms with Gasteiger partial charge >= 0.3 is 0 Å². The van der Waals surface area contributed by atoms with Crippen molar-refractivity contribution < 1.29 is 9.53 Å². The van der Waals surface area contributed by atoms with Crippen molar-refractivity contribution in [2.45, 2.75) is 71.2 Å². The maximum absolute atomic E-state index is 11.9. The molecular formula is C20H30N2O2. The fourth-order valence-electron chi connectivity index (χ4n) is 4.25. The highest BCUT2D eigenvalue weighted by atomic mass is 16.5. The van der Waals surface area contributed by atoms with Crippen LogP contribution in [0.25, 0.3) is 0 Å². The van der Waals surface area contributed by atoms with Crippen molar-refractivity contribution in [3.63, 3.8) is 0 Å². The van der Waals surface area contributed by atoms with E-state index in [9.17, 15) is 4.79 Å². The fourth-order valence-corrected chi connectivity index (χ4v) is 4.25. The van der Waals surface area contributed by atoms with E-state index in [2.05, 4.69) is 34.1 Å². The van der Waals surface area contributed by atoms with Gasteiger partial charge in [0.25, 0.3) is 0 Å². The maximum atomic E-state index is 11.9. The second kappa shape index (κ2) is 7.56. The SMILES string of the molecule is CC(=O)N1CCC[C@H]1[C@@H]1CCCN1Cc1ccc(OC(C)C)cc1. The molecule has 1 aromatic rings. The largest absolute Gasteiger partial charge is 0.491 e. The van der Waals surface area contributed by atoms with Crippen molar-refractivity contribution in [1.82, 2.24) is 9.80 Å². The zero-order valence-corrected chi connectivity index (χ0v) is 15.2. The minimum Gasteiger partial charge on any atom is -0.491 e. The molecule has 1 aromatic carbocycles. The fraction of sp³-hybridized carbons (Fsp3) is 0.650. The van der Waals surface area contributed by atoms with Crippen molar-refractivity contribution in [3.8, 4) is 5.75 Å². The molecule has 0 aliphatic carbocycles. The molecule has 0 spiro atoms. The molecule has 2 fully saturated rings. The molecule has 0 radical (unpaired) electrons. The molecule has 4 heteroatoms. The highest BCUT2D eigenvalue weighted by molar-refractivity contribution is 5.74. The van der Waals surface area contributed by atoms with E-state index in [1.807, 2.05) is 13.8 Å². The van der Waals surface area contributed by atoms with Crippen LogP contribution in [-0.4, -0.2) is 47.0 Å². The van der Waals surface area contributed by atoms with Crippen LogP contribution in [0.4, 0.5) is 0 Å². The molecule has 1 amide bonds. The van der Waals surface area contributed by atoms with Crippen LogP contribution in [0.2, 0.25) is 0 Å². The van der Waals surface area contributed by atoms with Gasteiger partial charge in [0.1, 0.15) is 5.75 Å². The van der Waals surface area contributed by atoms with E-state index in [4.69, 9.17) is 4.74 Å². The number of amides is 1. The first kappa shape index (κ1) is 17.3. The van der Waals surface area contributed by atoms with Crippen molar-refractivity contribution >= 4 is 5.91 Å². The minimum atomic E-state index is 0.207. The van der Waals surface area contributed by atoms with Crippen LogP contribution < -0.4 is 4.74 Å². The number of ether oxygens (including phenoxy) is 1. The van der Waals surface area contributed by atoms with E-state index in [-0.39, 0.29) is 12.0 Å². The standard InChI is InChI=1S/C20H30N2O2/c1-15(2)24-18-10-8-17(9-11-18)14-21-12-4-6-19(21)20-7-5-13-22(20)16(3)23/h8-11,15,19-20H,4-7,12-14H2,1-3H3/t19-,20-/m0/s1. The van der Waals surface area contributed by atoms with Gasteiger partial charge in [0.05, 0.1) is 6.10 Å². The first-order chi connectivity index (χ1) is 11.5. The molecule has 2 aliphatic heterocycles. The van der Waals surface area contributed by atoms with Crippen LogP contribution in [0.15, 0.2) is 24.3 Å². The van der Waals surface area contributed by atoms with Gasteiger partial charge in [-0.3, -0.25) is 9.69 Å². The zero-order chi connectivity index (χ0) is 17.1. The van der Waals surface area contributed by atoms with Crippen LogP contribution in [-0.2, 0) is 11.3 Å². The summed E-state index contributed by atoms with van der Waals surface area (Å²) in [7, 11) is 0. The Bertz CT molecular complexity index is 555. The summed E-state index contributed by atoms with van der Waals surface area (Å²) in [5, 5.41) is 0. The molecule has 3 rings (SSSR count). The molecule has 2 heterocycles. The Labute approximate surface area is 145 Å². The molecule has 2 atom stereocenters. The summed E-state index contributed by atoms with van der Waals surface area (Å²) in [6.07, 6.45) is 4.96. The summed E-state index contributed by atoms with van der Waals surface area (Å²) >= 11 is 0. The van der Waals surface area contributed by atoms with E-state index >= 15 is 0 Å². The van der Waals surface area contributed by atoms with E-state index in [0.717, 1.165) is 38.2 Å². The van der Waals surface area contributed by atoms with Crippen molar-refractivity contribution in [2.75, 3.05) is 13.1 Å². The first-order valence-corrected chi connectivity index (χ1v) is 9.31. The molecule has 2 aliphatic rings. The Balaban J connectivity index is 1.64. The Kier molecular flexibility index (Phi) is 5.44. The van der Waals surface area contributed by atoms with E-state index in [1.54, 1.807) is 6.92 Å². The van der Waals surface area contributed by atoms with Gasteiger partial charge in [0.2, 0.25) is 5.91 Å². The Morgan fingerprint density at radius 1 is 1.12 bits per heavy atom. The lowest BCUT2D eigenvalue weighted by atomic mass is 10.0. The van der Waals surface area contributed by atoms with E-state index < -0.39 is 0 Å². The lowest BCUT2D eigenvalue weighted by molar-refractivity contribution is -0.130. The third-order valence-corrected chi connectivity index (χ3v) is 5.24. The van der Waals surface area contributed by atoms with Gasteiger partial charge in [-0.1, -0.05) is 12.1 Å². The lowest BCUT2D eigenvalue weighted by Gasteiger charge is -2.34. The van der Waals surface area contributed by atoms with Crippen molar-refractivity contribution in [2.24, 2.45) is 0 Å². The summed E-state index contributed by atoms with van der Waals surface area (Å²) in [5.74, 6) is 1.17. The smallest absolute Gasteiger partial charge is 0.219 e. The molecule has 132 valence electrons. The molecule has 0 unspecified atom stereocenters. The lowest BCUT2D eigenvalue weighted by Crippen LogP contribution is -2.47. The van der Waals surface area contributed by atoms with Gasteiger partial charge in [0, 0.05) is 32.1 Å². The zero-order valence-electron chi connectivity index (χ0n) is 15.2. The topological polar surface area (TPSA) is 32.8 Å². The van der Waals surface area contributed by atoms with Crippen molar-refractivity contribution in [1.29, 1.82) is 0 Å². The number of benzene rings is 1. The predicted molar refractivity (Wildman–Crippen MR) is 96.0 cm³/mol. The summed E-state index contributed by atoms with van der Waals surface area (Å²) < 4.78 is 5.72. The molecule has 4 nitrogen and oxygen atoms in total. The summed E-state index contributed by atoms with van der Waals surface area (Å²) in [4.78, 5) is 16.6. The Hall–Kier alpha value is -1.55. The molecule has 24 heavy (non-hydrogen) atoms. The highest BCUT2D eigenvalue weighted by Gasteiger charge is 2.38. The Morgan fingerprint density at radius 3 is 2.46 bits per heavy atom. The monoisotopic (exact) mass is 330 g/mol. The van der Waals surface area contributed by atoms with Crippen LogP contribution in [0.1, 0.15) is 52.0 Å². The number of hydrogen-bond donors (Lipinski definition) is 0. The average Bonchev–Trinajstić information content (AvgIpc) is 3.17. The quantitative estimate of drug-likeness (QED) is 0.829. The second-order valence-electron chi connectivity index (χ2n) is 7.41. The average molecular weight is 330 g/mol. The summed E-state index contributed by atoms with van der Waals surface area (Å²) in [6.45, 7) is 8.85. The third kappa shape index (κ3) is 3.92. The predicted octanol–water partition coefficient (Wildman–Crippen LogP) is 3.45. The molecule has 0 bridgehead atoms. The van der Waals surface area contributed by atoms with Crippen LogP contribution in [0, 0.1) is 0 Å². The molecule has 0 aromatic heterocycles. The molecule has 2 saturated heterocycles. The second-order valence-corrected chi connectivity index (χ2v) is 7.41. The van der Waals surface area contributed by atoms with Gasteiger partial charge in [-0.05, 0) is 63.8 Å². The molecular weight excluding hydrogens is 300 g/mol. The number of likely N-dealkylation sites (tertiary alicyclic amines) is 2. The van der Waals surface area contributed by atoms with Gasteiger partial charge in [-0.15, -0.1) is 0 Å². The van der Waals surface area contributed by atoms with Gasteiger partial charge in [-0.25, -0.2) is 0 Å². The van der Waals surface area contributed by atoms with Gasteiger partial charge in [0.15, 0.2) is 0 Å². The summed E-state index contributed by atoms with van der Waals surface area (Å²) in [6, 6.07) is 9.40. The number of carbonyl (C=O) groups is 1. The minimum absolute atomic E-state index is 0.207. The van der Waals surface area contributed by atoms with Crippen LogP contribution in [0.3, 0.4) is 0 Å². The van der Waals surface area contributed by atoms with E-state index in [1.165, 1.54) is 18.4 Å². The van der Waals surface area contributed by atoms with Gasteiger partial charge in [-0.2, -0.15) is 0 Å². The summed E-state index contributed by atoms with van der Waals surface area (Å²) in [5.41, 5.74) is 1.32. The number of carbonyl (C=O) groups excluding carboxylic acids is 1. The number of hydrogen-bond acceptors (Lipinski definition) is 3. The molecule has 0 N–H and O–H groups in total. The maximum Gasteiger partial charge on any atom is 0.219 e. The van der Waals surface area contributed by atoms with Gasteiger partial charge < -0.3 is 9.64 Å². The molecule has 0 saturated carbocycles. The van der Waals surface area contributed by atoms with E-state index in [0.29, 0.717) is 12.1 Å². The number of nitrogens with zero attached hydrogens (tertiary/aromatic N) is 2. The normalized spacial score (nSPS) is 24.8. The Morgan fingerprint density at radius 2 is 1.79 bits per heavy atom. The number of rotatable bonds is 5. The van der Waals surface area contributed by atoms with Crippen LogP contribution in [0.5, 0.6) is 5.75 Å². The van der Waals surface area contributed by atoms with Crippen molar-refractivity contribution in [3.05, 3.63) is 29.8 Å². The first-order valence-electron chi connectivity index (χ1n) is 9.31.